The van der Waals surface area contributed by atoms with Crippen molar-refractivity contribution in [2.24, 2.45) is 5.92 Å². The molecule has 1 fully saturated rings. The van der Waals surface area contributed by atoms with Gasteiger partial charge in [0, 0.05) is 19.6 Å². The third-order valence-electron chi connectivity index (χ3n) is 4.64. The van der Waals surface area contributed by atoms with Gasteiger partial charge in [-0.1, -0.05) is 12.1 Å². The van der Waals surface area contributed by atoms with Crippen LogP contribution in [0.5, 0.6) is 0 Å². The smallest absolute Gasteiger partial charge is 0.352 e. The highest BCUT2D eigenvalue weighted by Crippen LogP contribution is 2.32. The molecule has 2 aromatic rings. The number of carbonyl (C=O) groups excluding carboxylic acids is 2. The molecule has 0 radical (unpaired) electrons. The molecule has 150 valence electrons. The Balaban J connectivity index is 1.63. The van der Waals surface area contributed by atoms with Crippen LogP contribution in [0.15, 0.2) is 35.7 Å². The van der Waals surface area contributed by atoms with Crippen LogP contribution < -0.4 is 5.32 Å². The number of piperidine rings is 1. The number of halogens is 4. The van der Waals surface area contributed by atoms with Crippen molar-refractivity contribution in [1.82, 2.24) is 10.2 Å². The summed E-state index contributed by atoms with van der Waals surface area (Å²) in [6.07, 6.45) is -3.52. The number of likely N-dealkylation sites (tertiary alicyclic amines) is 1. The molecule has 4 nitrogen and oxygen atoms in total. The van der Waals surface area contributed by atoms with E-state index in [4.69, 9.17) is 0 Å². The summed E-state index contributed by atoms with van der Waals surface area (Å²) < 4.78 is 52.4. The fourth-order valence-electron chi connectivity index (χ4n) is 3.23. The summed E-state index contributed by atoms with van der Waals surface area (Å²) in [6, 6.07) is 5.85. The minimum absolute atomic E-state index is 0.148. The summed E-state index contributed by atoms with van der Waals surface area (Å²) in [5.74, 6) is -2.05. The van der Waals surface area contributed by atoms with Crippen molar-refractivity contribution >= 4 is 23.2 Å². The lowest BCUT2D eigenvalue weighted by Gasteiger charge is -2.31. The minimum atomic E-state index is -4.71. The standard InChI is InChI=1S/C19H18F4N2O2S/c20-14-6-5-12(15(9-14)19(21,22)23)10-24-17(26)13-3-1-7-25(11-13)18(27)16-4-2-8-28-16/h2,4-6,8-9,13H,1,3,7,10-11H2,(H,24,26). The molecule has 1 N–H and O–H groups in total. The number of alkyl halides is 3. The van der Waals surface area contributed by atoms with Crippen molar-refractivity contribution in [3.05, 3.63) is 57.5 Å². The first kappa shape index (κ1) is 20.3. The van der Waals surface area contributed by atoms with Gasteiger partial charge in [-0.25, -0.2) is 4.39 Å². The van der Waals surface area contributed by atoms with E-state index in [1.165, 1.54) is 11.3 Å². The number of nitrogens with one attached hydrogen (secondary N) is 1. The van der Waals surface area contributed by atoms with Crippen molar-refractivity contribution < 1.29 is 27.2 Å². The Labute approximate surface area is 163 Å². The molecule has 1 aromatic heterocycles. The Morgan fingerprint density at radius 3 is 2.71 bits per heavy atom. The molecule has 1 unspecified atom stereocenters. The second kappa shape index (κ2) is 8.30. The highest BCUT2D eigenvalue weighted by atomic mass is 32.1. The van der Waals surface area contributed by atoms with Gasteiger partial charge in [-0.2, -0.15) is 13.2 Å². The molecule has 2 amide bonds. The van der Waals surface area contributed by atoms with Crippen LogP contribution >= 0.6 is 11.3 Å². The maximum absolute atomic E-state index is 13.2. The summed E-state index contributed by atoms with van der Waals surface area (Å²) in [6.45, 7) is 0.401. The number of hydrogen-bond donors (Lipinski definition) is 1. The van der Waals surface area contributed by atoms with E-state index >= 15 is 0 Å². The third kappa shape index (κ3) is 4.70. The SMILES string of the molecule is O=C(NCc1ccc(F)cc1C(F)(F)F)C1CCCN(C(=O)c2cccs2)C1. The van der Waals surface area contributed by atoms with Crippen LogP contribution in [0, 0.1) is 11.7 Å². The summed E-state index contributed by atoms with van der Waals surface area (Å²) in [5.41, 5.74) is -1.31. The van der Waals surface area contributed by atoms with E-state index in [1.807, 2.05) is 0 Å². The van der Waals surface area contributed by atoms with E-state index in [1.54, 1.807) is 22.4 Å². The van der Waals surface area contributed by atoms with Crippen molar-refractivity contribution in [1.29, 1.82) is 0 Å². The molecule has 1 aromatic carbocycles. The Hall–Kier alpha value is -2.42. The Morgan fingerprint density at radius 1 is 1.25 bits per heavy atom. The number of thiophene rings is 1. The summed E-state index contributed by atoms with van der Waals surface area (Å²) in [7, 11) is 0. The normalized spacial score (nSPS) is 17.4. The minimum Gasteiger partial charge on any atom is -0.352 e. The van der Waals surface area contributed by atoms with E-state index in [9.17, 15) is 27.2 Å². The molecule has 0 spiro atoms. The van der Waals surface area contributed by atoms with Crippen LogP contribution in [-0.4, -0.2) is 29.8 Å². The van der Waals surface area contributed by atoms with Crippen LogP contribution in [0.3, 0.4) is 0 Å². The third-order valence-corrected chi connectivity index (χ3v) is 5.50. The lowest BCUT2D eigenvalue weighted by molar-refractivity contribution is -0.138. The predicted molar refractivity (Wildman–Crippen MR) is 96.2 cm³/mol. The first-order chi connectivity index (χ1) is 13.3. The molecule has 0 aliphatic carbocycles. The zero-order chi connectivity index (χ0) is 20.3. The van der Waals surface area contributed by atoms with Crippen molar-refractivity contribution in [3.8, 4) is 0 Å². The second-order valence-electron chi connectivity index (χ2n) is 6.58. The first-order valence-electron chi connectivity index (χ1n) is 8.72. The number of amides is 2. The van der Waals surface area contributed by atoms with Crippen molar-refractivity contribution in [2.45, 2.75) is 25.6 Å². The number of rotatable bonds is 4. The fourth-order valence-corrected chi connectivity index (χ4v) is 3.92. The van der Waals surface area contributed by atoms with E-state index in [0.29, 0.717) is 30.3 Å². The van der Waals surface area contributed by atoms with Gasteiger partial charge >= 0.3 is 6.18 Å². The van der Waals surface area contributed by atoms with Gasteiger partial charge in [0.1, 0.15) is 5.82 Å². The van der Waals surface area contributed by atoms with Gasteiger partial charge in [-0.3, -0.25) is 9.59 Å². The number of benzene rings is 1. The molecular weight excluding hydrogens is 396 g/mol. The summed E-state index contributed by atoms with van der Waals surface area (Å²) in [4.78, 5) is 27.1. The lowest BCUT2D eigenvalue weighted by atomic mass is 9.96. The average molecular weight is 414 g/mol. The van der Waals surface area contributed by atoms with E-state index < -0.39 is 29.4 Å². The predicted octanol–water partition coefficient (Wildman–Crippen LogP) is 4.07. The number of carbonyl (C=O) groups is 2. The van der Waals surface area contributed by atoms with Gasteiger partial charge in [0.05, 0.1) is 16.4 Å². The molecule has 1 saturated heterocycles. The molecule has 1 aliphatic heterocycles. The maximum Gasteiger partial charge on any atom is 0.416 e. The average Bonchev–Trinajstić information content (AvgIpc) is 3.20. The molecule has 1 atom stereocenters. The van der Waals surface area contributed by atoms with Crippen LogP contribution in [0.4, 0.5) is 17.6 Å². The van der Waals surface area contributed by atoms with Gasteiger partial charge in [0.2, 0.25) is 5.91 Å². The molecule has 28 heavy (non-hydrogen) atoms. The Bertz CT molecular complexity index is 852. The molecule has 1 aliphatic rings. The number of hydrogen-bond acceptors (Lipinski definition) is 3. The molecular formula is C19H18F4N2O2S. The fraction of sp³-hybridized carbons (Fsp3) is 0.368. The monoisotopic (exact) mass is 414 g/mol. The summed E-state index contributed by atoms with van der Waals surface area (Å²) in [5, 5.41) is 4.29. The van der Waals surface area contributed by atoms with Gasteiger partial charge in [0.15, 0.2) is 0 Å². The van der Waals surface area contributed by atoms with Crippen molar-refractivity contribution in [2.75, 3.05) is 13.1 Å². The van der Waals surface area contributed by atoms with Crippen molar-refractivity contribution in [3.63, 3.8) is 0 Å². The number of nitrogens with zero attached hydrogens (tertiary/aromatic N) is 1. The molecule has 9 heteroatoms. The second-order valence-corrected chi connectivity index (χ2v) is 7.53. The van der Waals surface area contributed by atoms with Gasteiger partial charge in [-0.05, 0) is 42.0 Å². The Kier molecular flexibility index (Phi) is 6.02. The van der Waals surface area contributed by atoms with E-state index in [0.717, 1.165) is 12.1 Å². The molecule has 2 heterocycles. The zero-order valence-electron chi connectivity index (χ0n) is 14.8. The van der Waals surface area contributed by atoms with E-state index in [-0.39, 0.29) is 24.6 Å². The van der Waals surface area contributed by atoms with Gasteiger partial charge < -0.3 is 10.2 Å². The zero-order valence-corrected chi connectivity index (χ0v) is 15.6. The molecule has 0 bridgehead atoms. The highest BCUT2D eigenvalue weighted by molar-refractivity contribution is 7.12. The highest BCUT2D eigenvalue weighted by Gasteiger charge is 2.34. The van der Waals surface area contributed by atoms with Crippen LogP contribution in [-0.2, 0) is 17.5 Å². The Morgan fingerprint density at radius 2 is 2.04 bits per heavy atom. The van der Waals surface area contributed by atoms with E-state index in [2.05, 4.69) is 5.32 Å². The maximum atomic E-state index is 13.2. The first-order valence-corrected chi connectivity index (χ1v) is 9.60. The quantitative estimate of drug-likeness (QED) is 0.767. The van der Waals surface area contributed by atoms with Gasteiger partial charge in [0.25, 0.3) is 5.91 Å². The topological polar surface area (TPSA) is 49.4 Å². The van der Waals surface area contributed by atoms with Crippen LogP contribution in [0.1, 0.15) is 33.6 Å². The van der Waals surface area contributed by atoms with Crippen LogP contribution in [0.2, 0.25) is 0 Å². The summed E-state index contributed by atoms with van der Waals surface area (Å²) >= 11 is 1.32. The molecule has 3 rings (SSSR count). The van der Waals surface area contributed by atoms with Gasteiger partial charge in [-0.15, -0.1) is 11.3 Å². The van der Waals surface area contributed by atoms with Crippen LogP contribution in [0.25, 0.3) is 0 Å². The largest absolute Gasteiger partial charge is 0.416 e. The molecule has 0 saturated carbocycles. The lowest BCUT2D eigenvalue weighted by Crippen LogP contribution is -2.45.